The summed E-state index contributed by atoms with van der Waals surface area (Å²) in [6.07, 6.45) is 7.02. The van der Waals surface area contributed by atoms with E-state index < -0.39 is 0 Å². The van der Waals surface area contributed by atoms with Gasteiger partial charge < -0.3 is 4.74 Å². The Morgan fingerprint density at radius 2 is 1.93 bits per heavy atom. The molecule has 4 fully saturated rings. The number of hydrogen-bond donors (Lipinski definition) is 0. The third-order valence-corrected chi connectivity index (χ3v) is 5.35. The highest BCUT2D eigenvalue weighted by atomic mass is 35.5. The topological polar surface area (TPSA) is 9.23 Å². The molecule has 0 radical (unpaired) electrons. The summed E-state index contributed by atoms with van der Waals surface area (Å²) in [4.78, 5) is 0. The van der Waals surface area contributed by atoms with Gasteiger partial charge in [-0.2, -0.15) is 0 Å². The van der Waals surface area contributed by atoms with E-state index in [1.165, 1.54) is 32.1 Å². The van der Waals surface area contributed by atoms with Crippen molar-refractivity contribution in [2.75, 3.05) is 6.61 Å². The second-order valence-corrected chi connectivity index (χ2v) is 6.00. The van der Waals surface area contributed by atoms with Gasteiger partial charge in [-0.25, -0.2) is 0 Å². The summed E-state index contributed by atoms with van der Waals surface area (Å²) in [7, 11) is 0. The fourth-order valence-corrected chi connectivity index (χ4v) is 4.87. The molecule has 3 unspecified atom stereocenters. The number of alkyl halides is 1. The van der Waals surface area contributed by atoms with Gasteiger partial charge in [0, 0.05) is 12.0 Å². The first-order valence-electron chi connectivity index (χ1n) is 5.99. The largest absolute Gasteiger partial charge is 0.362 e. The summed E-state index contributed by atoms with van der Waals surface area (Å²) >= 11 is 6.41. The third-order valence-electron chi connectivity index (χ3n) is 4.77. The van der Waals surface area contributed by atoms with Crippen LogP contribution < -0.4 is 0 Å². The summed E-state index contributed by atoms with van der Waals surface area (Å²) < 4.78 is 5.64. The van der Waals surface area contributed by atoms with E-state index in [-0.39, 0.29) is 5.56 Å². The molecular weight excluding hydrogens is 196 g/mol. The van der Waals surface area contributed by atoms with Crippen LogP contribution in [0.5, 0.6) is 0 Å². The maximum atomic E-state index is 6.41. The van der Waals surface area contributed by atoms with Crippen molar-refractivity contribution in [3.8, 4) is 0 Å². The maximum absolute atomic E-state index is 6.41. The molecule has 0 aromatic heterocycles. The minimum absolute atomic E-state index is 0.0110. The molecule has 0 saturated heterocycles. The van der Waals surface area contributed by atoms with Crippen LogP contribution in [0.3, 0.4) is 0 Å². The first kappa shape index (κ1) is 9.47. The Labute approximate surface area is 91.2 Å². The molecule has 0 spiro atoms. The molecule has 3 atom stereocenters. The highest BCUT2D eigenvalue weighted by Crippen LogP contribution is 2.66. The Morgan fingerprint density at radius 1 is 1.29 bits per heavy atom. The molecular formula is C12H19ClO. The van der Waals surface area contributed by atoms with Crippen molar-refractivity contribution in [2.45, 2.75) is 44.6 Å². The normalized spacial score (nSPS) is 51.4. The molecule has 1 nitrogen and oxygen atoms in total. The Bertz CT molecular complexity index is 221. The summed E-state index contributed by atoms with van der Waals surface area (Å²) in [5, 5.41) is 0. The van der Waals surface area contributed by atoms with E-state index in [9.17, 15) is 0 Å². The Morgan fingerprint density at radius 3 is 2.43 bits per heavy atom. The van der Waals surface area contributed by atoms with E-state index in [0.717, 1.165) is 24.4 Å². The van der Waals surface area contributed by atoms with Crippen molar-refractivity contribution in [1.82, 2.24) is 0 Å². The van der Waals surface area contributed by atoms with Gasteiger partial charge in [0.1, 0.15) is 5.56 Å². The zero-order valence-electron chi connectivity index (χ0n) is 8.84. The molecule has 0 aromatic carbocycles. The van der Waals surface area contributed by atoms with E-state index in [1.54, 1.807) is 0 Å². The molecule has 2 heteroatoms. The SMILES string of the molecule is CCOC(Cl)C12CC3CC(C1)C(C3)C2. The van der Waals surface area contributed by atoms with E-state index in [0.29, 0.717) is 5.41 Å². The van der Waals surface area contributed by atoms with Crippen molar-refractivity contribution in [1.29, 1.82) is 0 Å². The second-order valence-electron chi connectivity index (χ2n) is 5.60. The highest BCUT2D eigenvalue weighted by molar-refractivity contribution is 6.20. The average molecular weight is 215 g/mol. The molecule has 0 aromatic rings. The monoisotopic (exact) mass is 214 g/mol. The smallest absolute Gasteiger partial charge is 0.136 e. The van der Waals surface area contributed by atoms with Crippen molar-refractivity contribution in [3.63, 3.8) is 0 Å². The molecule has 0 heterocycles. The predicted molar refractivity (Wildman–Crippen MR) is 57.3 cm³/mol. The van der Waals surface area contributed by atoms with Crippen LogP contribution in [-0.4, -0.2) is 12.2 Å². The fourth-order valence-electron chi connectivity index (χ4n) is 4.47. The second kappa shape index (κ2) is 3.12. The first-order chi connectivity index (χ1) is 6.73. The lowest BCUT2D eigenvalue weighted by molar-refractivity contribution is -0.0148. The summed E-state index contributed by atoms with van der Waals surface area (Å²) in [6.45, 7) is 2.80. The van der Waals surface area contributed by atoms with Crippen molar-refractivity contribution in [2.24, 2.45) is 23.2 Å². The van der Waals surface area contributed by atoms with Crippen LogP contribution in [0.4, 0.5) is 0 Å². The van der Waals surface area contributed by atoms with Crippen LogP contribution in [-0.2, 0) is 4.74 Å². The van der Waals surface area contributed by atoms with Crippen molar-refractivity contribution in [3.05, 3.63) is 0 Å². The number of hydrogen-bond acceptors (Lipinski definition) is 1. The van der Waals surface area contributed by atoms with Crippen LogP contribution in [0.2, 0.25) is 0 Å². The highest BCUT2D eigenvalue weighted by Gasteiger charge is 2.58. The van der Waals surface area contributed by atoms with Crippen LogP contribution in [0.1, 0.15) is 39.0 Å². The lowest BCUT2D eigenvalue weighted by Gasteiger charge is -2.41. The molecule has 4 aliphatic carbocycles. The lowest BCUT2D eigenvalue weighted by Crippen LogP contribution is -2.37. The molecule has 0 N–H and O–H groups in total. The Kier molecular flexibility index (Phi) is 2.11. The van der Waals surface area contributed by atoms with Crippen LogP contribution in [0.25, 0.3) is 0 Å². The molecule has 4 bridgehead atoms. The maximum Gasteiger partial charge on any atom is 0.136 e. The van der Waals surface area contributed by atoms with Gasteiger partial charge in [-0.15, -0.1) is 0 Å². The summed E-state index contributed by atoms with van der Waals surface area (Å²) in [6, 6.07) is 0. The molecule has 4 saturated carbocycles. The standard InChI is InChI=1S/C12H19ClO/c1-2-14-11(13)12-5-8-3-9(6-12)10(4-8)7-12/h8-11H,2-7H2,1H3. The van der Waals surface area contributed by atoms with Crippen molar-refractivity contribution >= 4 is 11.6 Å². The molecule has 14 heavy (non-hydrogen) atoms. The Hall–Kier alpha value is 0.250. The van der Waals surface area contributed by atoms with E-state index in [4.69, 9.17) is 16.3 Å². The van der Waals surface area contributed by atoms with Gasteiger partial charge in [0.05, 0.1) is 0 Å². The van der Waals surface area contributed by atoms with E-state index in [1.807, 2.05) is 6.92 Å². The minimum Gasteiger partial charge on any atom is -0.362 e. The van der Waals surface area contributed by atoms with Crippen LogP contribution >= 0.6 is 11.6 Å². The summed E-state index contributed by atoms with van der Waals surface area (Å²) in [5.74, 6) is 2.97. The lowest BCUT2D eigenvalue weighted by atomic mass is 9.70. The van der Waals surface area contributed by atoms with Gasteiger partial charge in [0.15, 0.2) is 0 Å². The molecule has 0 amide bonds. The zero-order valence-corrected chi connectivity index (χ0v) is 9.59. The number of ether oxygens (including phenoxy) is 1. The quantitative estimate of drug-likeness (QED) is 0.655. The van der Waals surface area contributed by atoms with Gasteiger partial charge in [0.25, 0.3) is 0 Å². The minimum atomic E-state index is -0.0110. The number of halogens is 1. The first-order valence-corrected chi connectivity index (χ1v) is 6.43. The molecule has 80 valence electrons. The van der Waals surface area contributed by atoms with Gasteiger partial charge in [0.2, 0.25) is 0 Å². The molecule has 4 aliphatic rings. The number of rotatable bonds is 3. The van der Waals surface area contributed by atoms with Gasteiger partial charge in [-0.1, -0.05) is 11.6 Å². The van der Waals surface area contributed by atoms with E-state index >= 15 is 0 Å². The van der Waals surface area contributed by atoms with Gasteiger partial charge in [-0.3, -0.25) is 0 Å². The third kappa shape index (κ3) is 1.18. The Balaban J connectivity index is 1.79. The predicted octanol–water partition coefficient (Wildman–Crippen LogP) is 3.41. The van der Waals surface area contributed by atoms with Crippen LogP contribution in [0, 0.1) is 23.2 Å². The van der Waals surface area contributed by atoms with Crippen molar-refractivity contribution < 1.29 is 4.74 Å². The van der Waals surface area contributed by atoms with Crippen LogP contribution in [0.15, 0.2) is 0 Å². The van der Waals surface area contributed by atoms with Gasteiger partial charge in [-0.05, 0) is 56.8 Å². The molecule has 4 rings (SSSR count). The van der Waals surface area contributed by atoms with E-state index in [2.05, 4.69) is 0 Å². The average Bonchev–Trinajstić information content (AvgIpc) is 2.55. The fraction of sp³-hybridized carbons (Fsp3) is 1.00. The molecule has 0 aliphatic heterocycles. The summed E-state index contributed by atoms with van der Waals surface area (Å²) in [5.41, 5.74) is 0.358. The van der Waals surface area contributed by atoms with Gasteiger partial charge >= 0.3 is 0 Å². The zero-order chi connectivity index (χ0) is 9.76.